The molecule has 0 saturated heterocycles. The second-order valence-corrected chi connectivity index (χ2v) is 20.4. The van der Waals surface area contributed by atoms with Crippen molar-refractivity contribution in [3.8, 4) is 0 Å². The summed E-state index contributed by atoms with van der Waals surface area (Å²) in [7, 11) is 1.47. The van der Waals surface area contributed by atoms with E-state index in [9.17, 15) is 29.4 Å². The second-order valence-electron chi connectivity index (χ2n) is 20.4. The predicted octanol–water partition coefficient (Wildman–Crippen LogP) is 8.19. The Morgan fingerprint density at radius 2 is 1.13 bits per heavy atom. The lowest BCUT2D eigenvalue weighted by Crippen LogP contribution is -2.58. The monoisotopic (exact) mass is 742 g/mol. The first-order valence-corrected chi connectivity index (χ1v) is 21.0. The number of ketones is 3. The Morgan fingerprint density at radius 1 is 0.722 bits per heavy atom. The molecule has 0 aromatic heterocycles. The van der Waals surface area contributed by atoms with Gasteiger partial charge in [0.1, 0.15) is 5.78 Å². The van der Waals surface area contributed by atoms with E-state index in [4.69, 9.17) is 4.74 Å². The highest BCUT2D eigenvalue weighted by Gasteiger charge is 2.70. The van der Waals surface area contributed by atoms with Crippen LogP contribution in [0.15, 0.2) is 47.6 Å². The zero-order valence-corrected chi connectivity index (χ0v) is 34.5. The molecule has 0 radical (unpaired) electrons. The third-order valence-electron chi connectivity index (χ3n) is 18.8. The van der Waals surface area contributed by atoms with E-state index in [-0.39, 0.29) is 62.4 Å². The highest BCUT2D eigenvalue weighted by atomic mass is 16.5. The zero-order valence-electron chi connectivity index (χ0n) is 34.5. The van der Waals surface area contributed by atoms with Crippen LogP contribution in [0.1, 0.15) is 120 Å². The van der Waals surface area contributed by atoms with Gasteiger partial charge in [-0.05, 0) is 129 Å². The van der Waals surface area contributed by atoms with E-state index in [2.05, 4.69) is 54.5 Å². The molecular weight excluding hydrogens is 677 g/mol. The van der Waals surface area contributed by atoms with Crippen LogP contribution in [0, 0.1) is 79.8 Å². The maximum absolute atomic E-state index is 13.1. The number of hydrogen-bond acceptors (Lipinski definition) is 7. The van der Waals surface area contributed by atoms with E-state index < -0.39 is 17.6 Å². The second kappa shape index (κ2) is 12.9. The van der Waals surface area contributed by atoms with Crippen LogP contribution < -0.4 is 0 Å². The van der Waals surface area contributed by atoms with E-state index in [1.165, 1.54) is 18.3 Å². The van der Waals surface area contributed by atoms with Gasteiger partial charge in [-0.1, -0.05) is 78.7 Å². The van der Waals surface area contributed by atoms with Gasteiger partial charge in [0.2, 0.25) is 0 Å². The minimum atomic E-state index is -0.576. The van der Waals surface area contributed by atoms with Crippen LogP contribution >= 0.6 is 0 Å². The van der Waals surface area contributed by atoms with Crippen molar-refractivity contribution in [2.24, 2.45) is 79.8 Å². The molecule has 0 unspecified atom stereocenters. The highest BCUT2D eigenvalue weighted by Crippen LogP contribution is 2.72. The molecule has 0 bridgehead atoms. The maximum atomic E-state index is 13.1. The lowest BCUT2D eigenvalue weighted by atomic mass is 9.44. The number of carbonyl (C=O) groups is 4. The quantitative estimate of drug-likeness (QED) is 0.280. The third-order valence-corrected chi connectivity index (χ3v) is 18.8. The van der Waals surface area contributed by atoms with E-state index >= 15 is 0 Å². The van der Waals surface area contributed by atoms with Crippen LogP contribution in [0.4, 0.5) is 0 Å². The molecular formula is C47H66O7. The Balaban J connectivity index is 0.000000167. The number of aliphatic hydroxyl groups excluding tert-OH is 2. The summed E-state index contributed by atoms with van der Waals surface area (Å²) in [5.74, 6) is 2.78. The standard InChI is InChI=1S/C24H34O3.C23H32O4/c1-6-20(27)24(5)14(2)11-18-17-8-7-15-12-16(25)9-10-22(15,3)21(17)19(26)13-23(18,24)4;1-13-10-17-16-7-6-14-11-15(24)8-9-21(14,2)19(16)18(25)12-22(17,3)23(13,4)20(26)27-5/h9-10,12,14,17-19,21,26H,6-8,11,13H2,1-5H3;8-9,11,13,16-19,25H,6-7,10,12H2,1-5H3/t14-,17+,18+,19+,21-,22+,23+,24-;13-,16+,17+,18+,19-,21+,22+,23-/m11/s1. The fourth-order valence-corrected chi connectivity index (χ4v) is 15.4. The Bertz CT molecular complexity index is 1630. The van der Waals surface area contributed by atoms with E-state index in [1.807, 2.05) is 19.9 Å². The van der Waals surface area contributed by atoms with Crippen molar-refractivity contribution in [3.05, 3.63) is 47.6 Å². The van der Waals surface area contributed by atoms with Gasteiger partial charge in [0.15, 0.2) is 11.6 Å². The molecule has 8 aliphatic carbocycles. The summed E-state index contributed by atoms with van der Waals surface area (Å²) < 4.78 is 5.23. The maximum Gasteiger partial charge on any atom is 0.312 e. The van der Waals surface area contributed by atoms with Gasteiger partial charge in [-0.15, -0.1) is 0 Å². The summed E-state index contributed by atoms with van der Waals surface area (Å²) in [6, 6.07) is 0. The van der Waals surface area contributed by atoms with Gasteiger partial charge in [-0.2, -0.15) is 0 Å². The number of Topliss-reactive ketones (excluding diaryl/α,β-unsaturated/α-hetero) is 1. The number of esters is 1. The Kier molecular flexibility index (Phi) is 9.49. The zero-order chi connectivity index (χ0) is 39.6. The summed E-state index contributed by atoms with van der Waals surface area (Å²) in [6.07, 6.45) is 17.9. The minimum Gasteiger partial charge on any atom is -0.469 e. The lowest BCUT2D eigenvalue weighted by Gasteiger charge is -2.60. The third kappa shape index (κ3) is 5.04. The van der Waals surface area contributed by atoms with Gasteiger partial charge in [-0.3, -0.25) is 19.2 Å². The number of rotatable bonds is 3. The molecule has 8 rings (SSSR count). The number of carbonyl (C=O) groups excluding carboxylic acids is 4. The van der Waals surface area contributed by atoms with Crippen LogP contribution in [0.3, 0.4) is 0 Å². The van der Waals surface area contributed by atoms with Gasteiger partial charge in [0.25, 0.3) is 0 Å². The van der Waals surface area contributed by atoms with Crippen LogP contribution in [0.2, 0.25) is 0 Å². The number of aliphatic hydroxyl groups is 2. The molecule has 0 amide bonds. The van der Waals surface area contributed by atoms with Crippen LogP contribution in [-0.2, 0) is 23.9 Å². The Labute approximate surface area is 323 Å². The van der Waals surface area contributed by atoms with Crippen molar-refractivity contribution >= 4 is 23.3 Å². The molecule has 7 heteroatoms. The number of ether oxygens (including phenoxy) is 1. The van der Waals surface area contributed by atoms with Crippen molar-refractivity contribution in [1.29, 1.82) is 0 Å². The molecule has 0 aliphatic heterocycles. The lowest BCUT2D eigenvalue weighted by molar-refractivity contribution is -0.176. The fourth-order valence-electron chi connectivity index (χ4n) is 15.4. The number of fused-ring (bicyclic) bond motifs is 10. The van der Waals surface area contributed by atoms with Gasteiger partial charge < -0.3 is 14.9 Å². The molecule has 2 N–H and O–H groups in total. The molecule has 54 heavy (non-hydrogen) atoms. The largest absolute Gasteiger partial charge is 0.469 e. The molecule has 0 aromatic rings. The fraction of sp³-hybridized carbons (Fsp3) is 0.745. The normalized spacial score (nSPS) is 51.2. The summed E-state index contributed by atoms with van der Waals surface area (Å²) in [6.45, 7) is 19.5. The molecule has 0 aromatic carbocycles. The van der Waals surface area contributed by atoms with Crippen LogP contribution in [0.25, 0.3) is 0 Å². The molecule has 6 fully saturated rings. The van der Waals surface area contributed by atoms with Gasteiger partial charge in [0, 0.05) is 34.5 Å². The average Bonchev–Trinajstić information content (AvgIpc) is 3.46. The van der Waals surface area contributed by atoms with Crippen molar-refractivity contribution in [3.63, 3.8) is 0 Å². The summed E-state index contributed by atoms with van der Waals surface area (Å²) >= 11 is 0. The highest BCUT2D eigenvalue weighted by molar-refractivity contribution is 6.01. The first-order valence-electron chi connectivity index (χ1n) is 21.0. The van der Waals surface area contributed by atoms with Gasteiger partial charge >= 0.3 is 5.97 Å². The molecule has 6 saturated carbocycles. The van der Waals surface area contributed by atoms with E-state index in [1.54, 1.807) is 24.3 Å². The van der Waals surface area contributed by atoms with E-state index in [0.29, 0.717) is 54.6 Å². The van der Waals surface area contributed by atoms with E-state index in [0.717, 1.165) is 38.5 Å². The van der Waals surface area contributed by atoms with Crippen molar-refractivity contribution in [1.82, 2.24) is 0 Å². The summed E-state index contributed by atoms with van der Waals surface area (Å²) in [5, 5.41) is 22.8. The molecule has 0 spiro atoms. The molecule has 7 nitrogen and oxygen atoms in total. The minimum absolute atomic E-state index is 0.0591. The number of hydrogen-bond donors (Lipinski definition) is 2. The Morgan fingerprint density at radius 3 is 1.54 bits per heavy atom. The first-order chi connectivity index (χ1) is 25.2. The van der Waals surface area contributed by atoms with Crippen molar-refractivity contribution < 1.29 is 34.1 Å². The molecule has 8 aliphatic rings. The smallest absolute Gasteiger partial charge is 0.312 e. The SMILES string of the molecule is CCC(=O)[C@@]1(C)[C@H](C)C[C@H]2[C@@H]3CCC4=CC(=O)C=C[C@]4(C)[C@H]3[C@@H](O)C[C@@]21C.COC(=O)[C@@]1(C)[C@H](C)C[C@H]2[C@@H]3CCC4=CC(=O)C=C[C@]4(C)[C@H]3[C@@H](O)C[C@@]21C. The molecule has 16 atom stereocenters. The van der Waals surface area contributed by atoms with Gasteiger partial charge in [0.05, 0.1) is 24.7 Å². The van der Waals surface area contributed by atoms with Crippen molar-refractivity contribution in [2.45, 2.75) is 132 Å². The average molecular weight is 743 g/mol. The topological polar surface area (TPSA) is 118 Å². The Hall–Kier alpha value is -2.64. The van der Waals surface area contributed by atoms with Crippen LogP contribution in [0.5, 0.6) is 0 Å². The van der Waals surface area contributed by atoms with Crippen molar-refractivity contribution in [2.75, 3.05) is 7.11 Å². The predicted molar refractivity (Wildman–Crippen MR) is 209 cm³/mol. The van der Waals surface area contributed by atoms with Crippen LogP contribution in [-0.4, -0.2) is 52.8 Å². The summed E-state index contributed by atoms with van der Waals surface area (Å²) in [5.41, 5.74) is 0.525. The number of methoxy groups -OCH3 is 1. The van der Waals surface area contributed by atoms with Gasteiger partial charge in [-0.25, -0.2) is 0 Å². The summed E-state index contributed by atoms with van der Waals surface area (Å²) in [4.78, 5) is 49.7. The molecule has 0 heterocycles. The number of allylic oxidation sites excluding steroid dienone is 8. The first kappa shape index (κ1) is 39.6. The molecule has 296 valence electrons.